The number of hydrogen-bond donors (Lipinski definition) is 2. The molecule has 0 aliphatic carbocycles. The van der Waals surface area contributed by atoms with Crippen LogP contribution in [-0.2, 0) is 35.2 Å². The highest BCUT2D eigenvalue weighted by atomic mass is 32.2. The number of nitrogens with one attached hydrogen (secondary N) is 1. The van der Waals surface area contributed by atoms with Crippen molar-refractivity contribution in [2.75, 3.05) is 17.6 Å². The van der Waals surface area contributed by atoms with Crippen LogP contribution in [0.3, 0.4) is 0 Å². The number of nitrogens with zero attached hydrogens (tertiary/aromatic N) is 6. The van der Waals surface area contributed by atoms with E-state index in [1.165, 1.54) is 38.5 Å². The van der Waals surface area contributed by atoms with E-state index in [2.05, 4.69) is 20.8 Å². The first-order valence-electron chi connectivity index (χ1n) is 14.2. The van der Waals surface area contributed by atoms with Crippen molar-refractivity contribution in [1.82, 2.24) is 30.2 Å². The minimum absolute atomic E-state index is 0.0659. The molecule has 2 aromatic rings. The summed E-state index contributed by atoms with van der Waals surface area (Å²) in [6.07, 6.45) is -1.40. The average molecular weight is 646 g/mol. The summed E-state index contributed by atoms with van der Waals surface area (Å²) in [4.78, 5) is 58.0. The molecular weight excluding hydrogens is 610 g/mol. The van der Waals surface area contributed by atoms with Gasteiger partial charge in [0, 0.05) is 29.5 Å². The van der Waals surface area contributed by atoms with Gasteiger partial charge in [0.25, 0.3) is 5.91 Å². The van der Waals surface area contributed by atoms with Gasteiger partial charge in [-0.1, -0.05) is 11.8 Å². The molecule has 2 fully saturated rings. The summed E-state index contributed by atoms with van der Waals surface area (Å²) >= 11 is 1.21. The second-order valence-electron chi connectivity index (χ2n) is 12.6. The zero-order valence-electron chi connectivity index (χ0n) is 25.7. The molecule has 0 bridgehead atoms. The summed E-state index contributed by atoms with van der Waals surface area (Å²) in [5.41, 5.74) is -0.460. The molecule has 2 N–H and O–H groups in total. The Balaban J connectivity index is 1.32. The van der Waals surface area contributed by atoms with Crippen LogP contribution >= 0.6 is 11.8 Å². The quantitative estimate of drug-likeness (QED) is 0.184. The molecule has 0 spiro atoms. The van der Waals surface area contributed by atoms with Gasteiger partial charge in [0.05, 0.1) is 6.04 Å². The molecule has 1 unspecified atom stereocenters. The topological polar surface area (TPSA) is 188 Å². The van der Waals surface area contributed by atoms with Gasteiger partial charge < -0.3 is 29.5 Å². The van der Waals surface area contributed by atoms with E-state index in [0.29, 0.717) is 22.8 Å². The van der Waals surface area contributed by atoms with E-state index in [0.717, 1.165) is 0 Å². The number of carbonyl (C=O) groups excluding carboxylic acids is 4. The zero-order valence-corrected chi connectivity index (χ0v) is 26.5. The number of rotatable bonds is 8. The normalized spacial score (nSPS) is 21.2. The number of ether oxygens (including phenoxy) is 3. The minimum atomic E-state index is -0.965. The van der Waals surface area contributed by atoms with Gasteiger partial charge in [0.2, 0.25) is 16.9 Å². The molecule has 45 heavy (non-hydrogen) atoms. The summed E-state index contributed by atoms with van der Waals surface area (Å²) in [6, 6.07) is 4.78. The van der Waals surface area contributed by atoms with Gasteiger partial charge in [-0.25, -0.2) is 14.3 Å². The molecule has 3 aliphatic heterocycles. The molecular formula is C28H35N7O9S. The number of piperidine rings is 1. The highest BCUT2D eigenvalue weighted by molar-refractivity contribution is 7.99. The van der Waals surface area contributed by atoms with Crippen LogP contribution in [0, 0.1) is 5.92 Å². The number of thioether (sulfide) groups is 1. The first-order valence-corrected chi connectivity index (χ1v) is 15.2. The monoisotopic (exact) mass is 645 g/mol. The maximum atomic E-state index is 13.4. The molecule has 0 radical (unpaired) electrons. The van der Waals surface area contributed by atoms with Gasteiger partial charge in [-0.3, -0.25) is 14.5 Å². The van der Waals surface area contributed by atoms with Crippen molar-refractivity contribution >= 4 is 41.6 Å². The van der Waals surface area contributed by atoms with Crippen LogP contribution < -0.4 is 5.32 Å². The number of hydroxylamine groups is 2. The van der Waals surface area contributed by atoms with Crippen LogP contribution in [0.4, 0.5) is 15.3 Å². The lowest BCUT2D eigenvalue weighted by atomic mass is 9.79. The zero-order chi connectivity index (χ0) is 32.7. The predicted molar refractivity (Wildman–Crippen MR) is 156 cm³/mol. The van der Waals surface area contributed by atoms with E-state index in [4.69, 9.17) is 19.0 Å². The lowest BCUT2D eigenvalue weighted by Gasteiger charge is -2.51. The van der Waals surface area contributed by atoms with Gasteiger partial charge in [0.1, 0.15) is 29.5 Å². The van der Waals surface area contributed by atoms with Crippen molar-refractivity contribution in [1.29, 1.82) is 0 Å². The molecule has 242 valence electrons. The molecule has 16 nitrogen and oxygen atoms in total. The van der Waals surface area contributed by atoms with Crippen LogP contribution in [0.15, 0.2) is 40.9 Å². The van der Waals surface area contributed by atoms with E-state index in [1.54, 1.807) is 53.7 Å². The fourth-order valence-electron chi connectivity index (χ4n) is 5.22. The van der Waals surface area contributed by atoms with Gasteiger partial charge in [-0.15, -0.1) is 10.2 Å². The number of anilines is 1. The molecule has 3 atom stereocenters. The van der Waals surface area contributed by atoms with E-state index in [1.807, 2.05) is 0 Å². The highest BCUT2D eigenvalue weighted by Crippen LogP contribution is 2.50. The summed E-state index contributed by atoms with van der Waals surface area (Å²) in [5, 5.41) is 25.5. The third-order valence-corrected chi connectivity index (χ3v) is 7.89. The van der Waals surface area contributed by atoms with E-state index < -0.39 is 41.5 Å². The Bertz CT molecular complexity index is 1510. The Hall–Kier alpha value is -4.38. The lowest BCUT2D eigenvalue weighted by molar-refractivity contribution is -0.223. The lowest BCUT2D eigenvalue weighted by Crippen LogP contribution is -2.72. The predicted octanol–water partition coefficient (Wildman–Crippen LogP) is 3.05. The number of tetrazole rings is 1. The Morgan fingerprint density at radius 1 is 1.04 bits per heavy atom. The SMILES string of the molecule is CC(C)(C)OC(=O)OC1=C(CSc2nnnn2CC(=O)Nc2ccc(O)cc2)C2CCN(OC(=O)OC(C)(C)C)[C@@H]3C(=O)N1[C@H]23. The smallest absolute Gasteiger partial charge is 0.508 e. The number of carbonyl (C=O) groups is 4. The minimum Gasteiger partial charge on any atom is -0.508 e. The number of amides is 2. The molecule has 4 heterocycles. The van der Waals surface area contributed by atoms with E-state index in [-0.39, 0.29) is 42.3 Å². The van der Waals surface area contributed by atoms with Gasteiger partial charge in [-0.05, 0) is 82.7 Å². The summed E-state index contributed by atoms with van der Waals surface area (Å²) < 4.78 is 17.6. The van der Waals surface area contributed by atoms with Gasteiger partial charge in [-0.2, -0.15) is 0 Å². The Morgan fingerprint density at radius 3 is 2.38 bits per heavy atom. The maximum Gasteiger partial charge on any atom is 0.528 e. The largest absolute Gasteiger partial charge is 0.528 e. The van der Waals surface area contributed by atoms with Crippen molar-refractivity contribution in [2.45, 2.75) is 83.0 Å². The second kappa shape index (κ2) is 12.2. The highest BCUT2D eigenvalue weighted by Gasteiger charge is 2.64. The van der Waals surface area contributed by atoms with Gasteiger partial charge in [0.15, 0.2) is 0 Å². The number of phenolic OH excluding ortho intramolecular Hbond substituents is 1. The molecule has 5 rings (SSSR count). The number of aromatic nitrogens is 4. The van der Waals surface area contributed by atoms with Crippen LogP contribution in [-0.4, -0.2) is 95.0 Å². The molecule has 1 aromatic carbocycles. The second-order valence-corrected chi connectivity index (χ2v) is 13.6. The third-order valence-electron chi connectivity index (χ3n) is 6.89. The number of benzene rings is 1. The fraction of sp³-hybridized carbons (Fsp3) is 0.536. The number of phenols is 1. The Labute approximate surface area is 262 Å². The van der Waals surface area contributed by atoms with Crippen molar-refractivity contribution in [3.63, 3.8) is 0 Å². The van der Waals surface area contributed by atoms with E-state index >= 15 is 0 Å². The molecule has 3 aliphatic rings. The number of β-lactam (4-membered cyclic amide) rings is 1. The Kier molecular flexibility index (Phi) is 8.68. The van der Waals surface area contributed by atoms with Crippen molar-refractivity contribution in [3.05, 3.63) is 35.7 Å². The third kappa shape index (κ3) is 7.30. The molecule has 2 amide bonds. The van der Waals surface area contributed by atoms with Crippen LogP contribution in [0.1, 0.15) is 48.0 Å². The molecule has 17 heteroatoms. The van der Waals surface area contributed by atoms with Gasteiger partial charge >= 0.3 is 12.3 Å². The standard InChI is InChI=1S/C28H35N7O9S/c1-27(2,3)42-25(39)41-23-18(14-45-24-30-31-32-33(24)13-19(37)29-15-7-9-16(36)10-8-15)17-11-12-34(21-20(17)35(23)22(21)38)44-26(40)43-28(4,5)6/h7-10,17,20-21,36H,11-14H2,1-6H3,(H,29,37)/t17?,20-,21+/m1/s1. The maximum absolute atomic E-state index is 13.4. The van der Waals surface area contributed by atoms with Crippen LogP contribution in [0.5, 0.6) is 5.75 Å². The number of aromatic hydroxyl groups is 1. The van der Waals surface area contributed by atoms with E-state index in [9.17, 15) is 24.3 Å². The van der Waals surface area contributed by atoms with Crippen molar-refractivity contribution in [3.8, 4) is 5.75 Å². The van der Waals surface area contributed by atoms with Crippen molar-refractivity contribution < 1.29 is 43.3 Å². The number of hydrogen-bond acceptors (Lipinski definition) is 14. The van der Waals surface area contributed by atoms with Crippen LogP contribution in [0.25, 0.3) is 0 Å². The molecule has 0 saturated carbocycles. The summed E-state index contributed by atoms with van der Waals surface area (Å²) in [5.74, 6) is -0.652. The Morgan fingerprint density at radius 2 is 1.71 bits per heavy atom. The first-order chi connectivity index (χ1) is 21.1. The molecule has 2 saturated heterocycles. The fourth-order valence-corrected chi connectivity index (χ4v) is 6.18. The van der Waals surface area contributed by atoms with Crippen LogP contribution in [0.2, 0.25) is 0 Å². The average Bonchev–Trinajstić information content (AvgIpc) is 3.46. The summed E-state index contributed by atoms with van der Waals surface area (Å²) in [6.45, 7) is 10.3. The first kappa shape index (κ1) is 32.0. The molecule has 1 aromatic heterocycles. The summed E-state index contributed by atoms with van der Waals surface area (Å²) in [7, 11) is 0. The van der Waals surface area contributed by atoms with Crippen molar-refractivity contribution in [2.24, 2.45) is 5.92 Å².